The summed E-state index contributed by atoms with van der Waals surface area (Å²) in [4.78, 5) is 33.3. The number of H-pyrrole nitrogens is 1. The maximum atomic E-state index is 11.0. The summed E-state index contributed by atoms with van der Waals surface area (Å²) >= 11 is 0. The lowest BCUT2D eigenvalue weighted by Crippen LogP contribution is -2.21. The molecular formula is C16H15N5O2. The second-order valence-corrected chi connectivity index (χ2v) is 4.87. The highest BCUT2D eigenvalue weighted by atomic mass is 16.1. The fourth-order valence-corrected chi connectivity index (χ4v) is 2.26. The summed E-state index contributed by atoms with van der Waals surface area (Å²) in [6, 6.07) is 11.3. The molecule has 0 aliphatic heterocycles. The Morgan fingerprint density at radius 1 is 1.09 bits per heavy atom. The zero-order valence-corrected chi connectivity index (χ0v) is 12.2. The number of hydrogen-bond donors (Lipinski definition) is 3. The van der Waals surface area contributed by atoms with Gasteiger partial charge in [0.05, 0.1) is 11.1 Å². The van der Waals surface area contributed by atoms with Gasteiger partial charge in [0.25, 0.3) is 0 Å². The van der Waals surface area contributed by atoms with E-state index in [0.29, 0.717) is 42.5 Å². The normalized spacial score (nSPS) is 10.4. The summed E-state index contributed by atoms with van der Waals surface area (Å²) in [6.45, 7) is 0.987. The molecule has 2 heterocycles. The van der Waals surface area contributed by atoms with Crippen LogP contribution in [0.2, 0.25) is 0 Å². The van der Waals surface area contributed by atoms with Gasteiger partial charge in [-0.3, -0.25) is 9.59 Å². The molecule has 3 rings (SSSR count). The van der Waals surface area contributed by atoms with Gasteiger partial charge in [-0.15, -0.1) is 0 Å². The maximum Gasteiger partial charge on any atom is 0.207 e. The van der Waals surface area contributed by atoms with Crippen molar-refractivity contribution in [1.82, 2.24) is 20.3 Å². The van der Waals surface area contributed by atoms with Crippen molar-refractivity contribution in [2.45, 2.75) is 0 Å². The lowest BCUT2D eigenvalue weighted by atomic mass is 10.2. The van der Waals surface area contributed by atoms with Crippen LogP contribution in [0.1, 0.15) is 10.5 Å². The predicted molar refractivity (Wildman–Crippen MR) is 87.3 cm³/mol. The topological polar surface area (TPSA) is 99.8 Å². The quantitative estimate of drug-likeness (QED) is 0.454. The number of hydrogen-bond acceptors (Lipinski definition) is 5. The minimum Gasteiger partial charge on any atom is -0.368 e. The van der Waals surface area contributed by atoms with Crippen LogP contribution >= 0.6 is 0 Å². The Labute approximate surface area is 132 Å². The number of aromatic nitrogens is 3. The Morgan fingerprint density at radius 2 is 1.91 bits per heavy atom. The van der Waals surface area contributed by atoms with Gasteiger partial charge in [0.15, 0.2) is 12.1 Å². The van der Waals surface area contributed by atoms with Crippen molar-refractivity contribution in [3.05, 3.63) is 42.1 Å². The van der Waals surface area contributed by atoms with E-state index in [9.17, 15) is 9.59 Å². The van der Waals surface area contributed by atoms with Gasteiger partial charge in [-0.1, -0.05) is 30.3 Å². The van der Waals surface area contributed by atoms with Gasteiger partial charge in [-0.05, 0) is 6.07 Å². The number of carbonyl (C=O) groups is 2. The maximum absolute atomic E-state index is 11.0. The molecule has 23 heavy (non-hydrogen) atoms. The summed E-state index contributed by atoms with van der Waals surface area (Å²) in [7, 11) is 0. The number of aldehydes is 1. The first-order valence-electron chi connectivity index (χ1n) is 7.14. The molecule has 0 aliphatic carbocycles. The number of amides is 1. The van der Waals surface area contributed by atoms with Gasteiger partial charge in [0, 0.05) is 18.7 Å². The molecule has 0 aliphatic rings. The first-order valence-corrected chi connectivity index (χ1v) is 7.14. The van der Waals surface area contributed by atoms with E-state index in [2.05, 4.69) is 25.6 Å². The number of carbonyl (C=O) groups excluding carboxylic acids is 2. The van der Waals surface area contributed by atoms with E-state index in [-0.39, 0.29) is 0 Å². The molecule has 0 fully saturated rings. The van der Waals surface area contributed by atoms with Crippen molar-refractivity contribution in [2.75, 3.05) is 18.4 Å². The second kappa shape index (κ2) is 6.69. The van der Waals surface area contributed by atoms with Gasteiger partial charge in [0.2, 0.25) is 6.41 Å². The average molecular weight is 309 g/mol. The predicted octanol–water partition coefficient (Wildman–Crippen LogP) is 1.60. The number of benzene rings is 1. The van der Waals surface area contributed by atoms with Crippen molar-refractivity contribution < 1.29 is 9.59 Å². The molecule has 7 heteroatoms. The first-order chi connectivity index (χ1) is 11.3. The summed E-state index contributed by atoms with van der Waals surface area (Å²) in [5.41, 5.74) is 1.91. The monoisotopic (exact) mass is 309 g/mol. The van der Waals surface area contributed by atoms with Gasteiger partial charge >= 0.3 is 0 Å². The van der Waals surface area contributed by atoms with E-state index in [1.54, 1.807) is 6.07 Å². The Bertz CT molecular complexity index is 829. The van der Waals surface area contributed by atoms with Crippen LogP contribution in [-0.4, -0.2) is 40.7 Å². The third kappa shape index (κ3) is 3.18. The average Bonchev–Trinajstić information content (AvgIpc) is 3.02. The molecule has 2 aromatic heterocycles. The molecule has 1 aromatic carbocycles. The molecule has 0 saturated carbocycles. The highest BCUT2D eigenvalue weighted by molar-refractivity contribution is 5.93. The molecule has 0 atom stereocenters. The van der Waals surface area contributed by atoms with Crippen LogP contribution in [0.15, 0.2) is 36.4 Å². The van der Waals surface area contributed by atoms with Gasteiger partial charge in [-0.25, -0.2) is 9.97 Å². The number of rotatable bonds is 7. The molecule has 7 nitrogen and oxygen atoms in total. The van der Waals surface area contributed by atoms with Crippen LogP contribution in [0.4, 0.5) is 5.82 Å². The molecular weight excluding hydrogens is 294 g/mol. The number of aromatic amines is 1. The molecule has 116 valence electrons. The van der Waals surface area contributed by atoms with E-state index in [1.807, 2.05) is 30.3 Å². The fraction of sp³-hybridized carbons (Fsp3) is 0.125. The van der Waals surface area contributed by atoms with E-state index < -0.39 is 0 Å². The first kappa shape index (κ1) is 14.7. The summed E-state index contributed by atoms with van der Waals surface area (Å²) in [5.74, 6) is 1.18. The van der Waals surface area contributed by atoms with E-state index in [4.69, 9.17) is 0 Å². The molecule has 0 radical (unpaired) electrons. The van der Waals surface area contributed by atoms with Crippen molar-refractivity contribution in [1.29, 1.82) is 0 Å². The zero-order chi connectivity index (χ0) is 16.1. The van der Waals surface area contributed by atoms with E-state index >= 15 is 0 Å². The number of nitrogens with zero attached hydrogens (tertiary/aromatic N) is 2. The summed E-state index contributed by atoms with van der Waals surface area (Å²) in [5, 5.41) is 6.47. The Kier molecular flexibility index (Phi) is 4.28. The Balaban J connectivity index is 2.01. The molecule has 0 saturated heterocycles. The molecule has 0 bridgehead atoms. The van der Waals surface area contributed by atoms with Crippen LogP contribution in [0.5, 0.6) is 0 Å². The van der Waals surface area contributed by atoms with Crippen LogP contribution < -0.4 is 10.6 Å². The largest absolute Gasteiger partial charge is 0.368 e. The minimum atomic E-state index is 0.438. The fourth-order valence-electron chi connectivity index (χ4n) is 2.26. The summed E-state index contributed by atoms with van der Waals surface area (Å²) < 4.78 is 0. The number of anilines is 1. The lowest BCUT2D eigenvalue weighted by Gasteiger charge is -2.08. The highest BCUT2D eigenvalue weighted by Crippen LogP contribution is 2.25. The highest BCUT2D eigenvalue weighted by Gasteiger charge is 2.12. The number of fused-ring (bicyclic) bond motifs is 1. The van der Waals surface area contributed by atoms with Crippen molar-refractivity contribution in [3.63, 3.8) is 0 Å². The van der Waals surface area contributed by atoms with Crippen LogP contribution in [0.3, 0.4) is 0 Å². The smallest absolute Gasteiger partial charge is 0.207 e. The van der Waals surface area contributed by atoms with Crippen molar-refractivity contribution >= 4 is 29.5 Å². The van der Waals surface area contributed by atoms with Gasteiger partial charge in [0.1, 0.15) is 11.5 Å². The minimum absolute atomic E-state index is 0.438. The molecule has 3 N–H and O–H groups in total. The Hall–Kier alpha value is -3.22. The van der Waals surface area contributed by atoms with Gasteiger partial charge in [-0.2, -0.15) is 0 Å². The van der Waals surface area contributed by atoms with E-state index in [1.165, 1.54) is 0 Å². The third-order valence-corrected chi connectivity index (χ3v) is 3.31. The van der Waals surface area contributed by atoms with E-state index in [0.717, 1.165) is 17.2 Å². The Morgan fingerprint density at radius 3 is 2.65 bits per heavy atom. The standard InChI is InChI=1S/C16H15N5O2/c22-9-12-8-13-15(18-7-6-17-10-23)20-14(21-16(13)19-12)11-4-2-1-3-5-11/h1-5,8-10H,6-7H2,(H,17,23)(H2,18,19,20,21). The molecule has 0 spiro atoms. The van der Waals surface area contributed by atoms with Crippen LogP contribution in [0.25, 0.3) is 22.4 Å². The molecule has 1 amide bonds. The molecule has 3 aromatic rings. The van der Waals surface area contributed by atoms with Crippen LogP contribution in [0, 0.1) is 0 Å². The lowest BCUT2D eigenvalue weighted by molar-refractivity contribution is -0.109. The second-order valence-electron chi connectivity index (χ2n) is 4.87. The SMILES string of the molecule is O=CNCCNc1nc(-c2ccccc2)nc2[nH]c(C=O)cc12. The third-order valence-electron chi connectivity index (χ3n) is 3.31. The zero-order valence-electron chi connectivity index (χ0n) is 12.2. The van der Waals surface area contributed by atoms with Gasteiger partial charge < -0.3 is 15.6 Å². The molecule has 0 unspecified atom stereocenters. The van der Waals surface area contributed by atoms with Crippen LogP contribution in [-0.2, 0) is 4.79 Å². The summed E-state index contributed by atoms with van der Waals surface area (Å²) in [6.07, 6.45) is 1.38. The van der Waals surface area contributed by atoms with Crippen molar-refractivity contribution in [3.8, 4) is 11.4 Å². The number of nitrogens with one attached hydrogen (secondary N) is 3. The van der Waals surface area contributed by atoms with Crippen molar-refractivity contribution in [2.24, 2.45) is 0 Å².